The van der Waals surface area contributed by atoms with E-state index in [1.807, 2.05) is 31.3 Å². The van der Waals surface area contributed by atoms with Crippen LogP contribution in [0.1, 0.15) is 48.1 Å². The molecule has 0 bridgehead atoms. The Morgan fingerprint density at radius 3 is 3.00 bits per heavy atom. The maximum atomic E-state index is 12.5. The van der Waals surface area contributed by atoms with Gasteiger partial charge >= 0.3 is 0 Å². The van der Waals surface area contributed by atoms with Gasteiger partial charge in [0.05, 0.1) is 18.6 Å². The molecule has 3 heterocycles. The lowest BCUT2D eigenvalue weighted by molar-refractivity contribution is 0.0735. The molecule has 0 radical (unpaired) electrons. The van der Waals surface area contributed by atoms with Crippen molar-refractivity contribution < 1.29 is 9.32 Å². The Morgan fingerprint density at radius 2 is 2.25 bits per heavy atom. The van der Waals surface area contributed by atoms with Crippen molar-refractivity contribution in [3.8, 4) is 0 Å². The molecule has 0 saturated carbocycles. The fraction of sp³-hybridized carbons (Fsp3) is 0.500. The molecular weight excluding hydrogens is 256 g/mol. The van der Waals surface area contributed by atoms with Crippen LogP contribution in [-0.2, 0) is 13.1 Å². The minimum absolute atomic E-state index is 0.0738. The lowest BCUT2D eigenvalue weighted by Crippen LogP contribution is -2.30. The first-order valence-electron chi connectivity index (χ1n) is 6.90. The molecular formula is C14H18N4O2. The van der Waals surface area contributed by atoms with Crippen LogP contribution in [0.5, 0.6) is 0 Å². The van der Waals surface area contributed by atoms with E-state index in [1.54, 1.807) is 6.07 Å². The number of aryl methyl sites for hydroxylation is 1. The van der Waals surface area contributed by atoms with Crippen LogP contribution in [0.25, 0.3) is 0 Å². The van der Waals surface area contributed by atoms with Crippen molar-refractivity contribution in [2.24, 2.45) is 0 Å². The SMILES string of the molecule is CC(C)c1cc(C(=O)N2CCCn3cncc3C2)no1. The van der Waals surface area contributed by atoms with Crippen molar-refractivity contribution in [2.75, 3.05) is 6.54 Å². The van der Waals surface area contributed by atoms with E-state index in [9.17, 15) is 4.79 Å². The lowest BCUT2D eigenvalue weighted by Gasteiger charge is -2.18. The Bertz CT molecular complexity index is 614. The minimum Gasteiger partial charge on any atom is -0.360 e. The Morgan fingerprint density at radius 1 is 1.40 bits per heavy atom. The Hall–Kier alpha value is -2.11. The van der Waals surface area contributed by atoms with Gasteiger partial charge in [-0.25, -0.2) is 4.98 Å². The van der Waals surface area contributed by atoms with Gasteiger partial charge in [0.1, 0.15) is 5.76 Å². The van der Waals surface area contributed by atoms with E-state index >= 15 is 0 Å². The molecule has 1 aliphatic rings. The van der Waals surface area contributed by atoms with E-state index in [4.69, 9.17) is 4.52 Å². The first-order chi connectivity index (χ1) is 9.65. The Balaban J connectivity index is 1.79. The van der Waals surface area contributed by atoms with Crippen LogP contribution in [0.2, 0.25) is 0 Å². The predicted molar refractivity (Wildman–Crippen MR) is 72.2 cm³/mol. The van der Waals surface area contributed by atoms with Crippen molar-refractivity contribution in [1.82, 2.24) is 19.6 Å². The Kier molecular flexibility index (Phi) is 3.30. The summed E-state index contributed by atoms with van der Waals surface area (Å²) in [5.74, 6) is 0.901. The van der Waals surface area contributed by atoms with Gasteiger partial charge in [-0.2, -0.15) is 0 Å². The molecule has 3 rings (SSSR count). The number of carbonyl (C=O) groups excluding carboxylic acids is 1. The van der Waals surface area contributed by atoms with Gasteiger partial charge in [-0.1, -0.05) is 19.0 Å². The van der Waals surface area contributed by atoms with Crippen LogP contribution in [0, 0.1) is 0 Å². The van der Waals surface area contributed by atoms with Crippen LogP contribution in [0.15, 0.2) is 23.1 Å². The van der Waals surface area contributed by atoms with Gasteiger partial charge in [-0.05, 0) is 6.42 Å². The summed E-state index contributed by atoms with van der Waals surface area (Å²) in [4.78, 5) is 18.4. The molecule has 106 valence electrons. The van der Waals surface area contributed by atoms with E-state index in [2.05, 4.69) is 14.7 Å². The topological polar surface area (TPSA) is 64.2 Å². The number of aromatic nitrogens is 3. The highest BCUT2D eigenvalue weighted by atomic mass is 16.5. The number of amides is 1. The highest BCUT2D eigenvalue weighted by molar-refractivity contribution is 5.92. The molecule has 0 fully saturated rings. The van der Waals surface area contributed by atoms with Gasteiger partial charge < -0.3 is 14.0 Å². The molecule has 0 N–H and O–H groups in total. The third-order valence-electron chi connectivity index (χ3n) is 3.58. The first kappa shape index (κ1) is 12.9. The summed E-state index contributed by atoms with van der Waals surface area (Å²) in [7, 11) is 0. The van der Waals surface area contributed by atoms with E-state index in [0.717, 1.165) is 31.0 Å². The molecule has 1 aliphatic heterocycles. The number of hydrogen-bond acceptors (Lipinski definition) is 4. The number of nitrogens with zero attached hydrogens (tertiary/aromatic N) is 4. The number of rotatable bonds is 2. The van der Waals surface area contributed by atoms with Gasteiger partial charge in [0, 0.05) is 31.3 Å². The highest BCUT2D eigenvalue weighted by Crippen LogP contribution is 2.18. The van der Waals surface area contributed by atoms with Crippen molar-refractivity contribution in [3.05, 3.63) is 35.7 Å². The van der Waals surface area contributed by atoms with Crippen LogP contribution >= 0.6 is 0 Å². The molecule has 0 spiro atoms. The summed E-state index contributed by atoms with van der Waals surface area (Å²) >= 11 is 0. The van der Waals surface area contributed by atoms with Crippen molar-refractivity contribution in [2.45, 2.75) is 39.3 Å². The zero-order valence-corrected chi connectivity index (χ0v) is 11.7. The monoisotopic (exact) mass is 274 g/mol. The zero-order valence-electron chi connectivity index (χ0n) is 11.7. The standard InChI is InChI=1S/C14H18N4O2/c1-10(2)13-6-12(16-20-13)14(19)17-4-3-5-18-9-15-7-11(18)8-17/h6-7,9-10H,3-5,8H2,1-2H3. The molecule has 0 aromatic carbocycles. The quantitative estimate of drug-likeness (QED) is 0.840. The average molecular weight is 274 g/mol. The zero-order chi connectivity index (χ0) is 14.1. The van der Waals surface area contributed by atoms with Gasteiger partial charge in [0.15, 0.2) is 5.69 Å². The third-order valence-corrected chi connectivity index (χ3v) is 3.58. The fourth-order valence-corrected chi connectivity index (χ4v) is 2.39. The molecule has 0 unspecified atom stereocenters. The summed E-state index contributed by atoms with van der Waals surface area (Å²) in [6.45, 7) is 6.22. The first-order valence-corrected chi connectivity index (χ1v) is 6.90. The summed E-state index contributed by atoms with van der Waals surface area (Å²) < 4.78 is 7.30. The molecule has 0 aliphatic carbocycles. The molecule has 0 saturated heterocycles. The van der Waals surface area contributed by atoms with Crippen LogP contribution in [0.4, 0.5) is 0 Å². The molecule has 0 atom stereocenters. The van der Waals surface area contributed by atoms with Crippen molar-refractivity contribution >= 4 is 5.91 Å². The summed E-state index contributed by atoms with van der Waals surface area (Å²) in [5, 5.41) is 3.90. The maximum absolute atomic E-state index is 12.5. The number of hydrogen-bond donors (Lipinski definition) is 0. The smallest absolute Gasteiger partial charge is 0.276 e. The summed E-state index contributed by atoms with van der Waals surface area (Å²) in [6.07, 6.45) is 4.55. The maximum Gasteiger partial charge on any atom is 0.276 e. The summed E-state index contributed by atoms with van der Waals surface area (Å²) in [5.41, 5.74) is 1.45. The second-order valence-electron chi connectivity index (χ2n) is 5.43. The molecule has 2 aromatic heterocycles. The van der Waals surface area contributed by atoms with E-state index in [-0.39, 0.29) is 11.8 Å². The summed E-state index contributed by atoms with van der Waals surface area (Å²) in [6, 6.07) is 1.75. The van der Waals surface area contributed by atoms with E-state index < -0.39 is 0 Å². The van der Waals surface area contributed by atoms with E-state index in [0.29, 0.717) is 12.2 Å². The van der Waals surface area contributed by atoms with Gasteiger partial charge in [0.25, 0.3) is 5.91 Å². The number of fused-ring (bicyclic) bond motifs is 1. The third kappa shape index (κ3) is 2.33. The van der Waals surface area contributed by atoms with Crippen molar-refractivity contribution in [3.63, 3.8) is 0 Å². The predicted octanol–water partition coefficient (Wildman–Crippen LogP) is 2.04. The lowest BCUT2D eigenvalue weighted by atomic mass is 10.1. The molecule has 2 aromatic rings. The molecule has 6 heteroatoms. The van der Waals surface area contributed by atoms with Gasteiger partial charge in [0.2, 0.25) is 0 Å². The normalized spacial score (nSPS) is 15.2. The highest BCUT2D eigenvalue weighted by Gasteiger charge is 2.23. The minimum atomic E-state index is -0.0738. The largest absolute Gasteiger partial charge is 0.360 e. The second kappa shape index (κ2) is 5.11. The van der Waals surface area contributed by atoms with Crippen LogP contribution < -0.4 is 0 Å². The number of imidazole rings is 1. The fourth-order valence-electron chi connectivity index (χ4n) is 2.39. The molecule has 6 nitrogen and oxygen atoms in total. The van der Waals surface area contributed by atoms with Gasteiger partial charge in [-0.15, -0.1) is 0 Å². The van der Waals surface area contributed by atoms with Crippen molar-refractivity contribution in [1.29, 1.82) is 0 Å². The van der Waals surface area contributed by atoms with E-state index in [1.165, 1.54) is 0 Å². The van der Waals surface area contributed by atoms with Crippen LogP contribution in [0.3, 0.4) is 0 Å². The van der Waals surface area contributed by atoms with Gasteiger partial charge in [-0.3, -0.25) is 4.79 Å². The average Bonchev–Trinajstić information content (AvgIpc) is 3.03. The number of carbonyl (C=O) groups is 1. The van der Waals surface area contributed by atoms with Crippen LogP contribution in [-0.4, -0.2) is 32.1 Å². The Labute approximate surface area is 117 Å². The molecule has 1 amide bonds. The second-order valence-corrected chi connectivity index (χ2v) is 5.43. The molecule has 20 heavy (non-hydrogen) atoms.